The number of likely N-dealkylation sites (tertiary alicyclic amines) is 1. The zero-order valence-electron chi connectivity index (χ0n) is 17.7. The predicted octanol–water partition coefficient (Wildman–Crippen LogP) is 3.06. The quantitative estimate of drug-likeness (QED) is 0.775. The van der Waals surface area contributed by atoms with Crippen molar-refractivity contribution in [2.24, 2.45) is 23.2 Å². The molecule has 2 unspecified atom stereocenters. The fraction of sp³-hybridized carbons (Fsp3) is 0.696. The molecule has 2 atom stereocenters. The van der Waals surface area contributed by atoms with Gasteiger partial charge in [-0.2, -0.15) is 0 Å². The number of nitrogens with one attached hydrogen (secondary N) is 1. The molecular weight excluding hydrogens is 403 g/mol. The van der Waals surface area contributed by atoms with Gasteiger partial charge in [-0.15, -0.1) is 0 Å². The Morgan fingerprint density at radius 2 is 1.73 bits per heavy atom. The highest BCUT2D eigenvalue weighted by atomic mass is 32.2. The largest absolute Gasteiger partial charge is 0.339 e. The fourth-order valence-electron chi connectivity index (χ4n) is 7.53. The summed E-state index contributed by atoms with van der Waals surface area (Å²) in [6, 6.07) is 6.67. The number of amides is 1. The Kier molecular flexibility index (Phi) is 4.61. The van der Waals surface area contributed by atoms with Crippen molar-refractivity contribution in [2.75, 3.05) is 19.3 Å². The third-order valence-electron chi connectivity index (χ3n) is 8.39. The predicted molar refractivity (Wildman–Crippen MR) is 113 cm³/mol. The van der Waals surface area contributed by atoms with E-state index in [1.807, 2.05) is 12.1 Å². The second-order valence-electron chi connectivity index (χ2n) is 10.8. The van der Waals surface area contributed by atoms with Gasteiger partial charge in [0, 0.05) is 24.9 Å². The van der Waals surface area contributed by atoms with Crippen molar-refractivity contribution in [3.63, 3.8) is 0 Å². The van der Waals surface area contributed by atoms with Crippen molar-refractivity contribution < 1.29 is 17.6 Å². The monoisotopic (exact) mass is 434 g/mol. The normalized spacial score (nSPS) is 38.0. The van der Waals surface area contributed by atoms with Crippen LogP contribution < -0.4 is 4.72 Å². The Bertz CT molecular complexity index is 939. The van der Waals surface area contributed by atoms with E-state index in [0.29, 0.717) is 36.8 Å². The van der Waals surface area contributed by atoms with Gasteiger partial charge in [-0.3, -0.25) is 4.79 Å². The second-order valence-corrected chi connectivity index (χ2v) is 12.5. The van der Waals surface area contributed by atoms with Crippen LogP contribution in [-0.2, 0) is 20.2 Å². The molecule has 0 aromatic heterocycles. The average Bonchev–Trinajstić information content (AvgIpc) is 2.59. The van der Waals surface area contributed by atoms with E-state index < -0.39 is 10.0 Å². The maximum absolute atomic E-state index is 13.7. The molecule has 4 saturated carbocycles. The van der Waals surface area contributed by atoms with Crippen LogP contribution in [0, 0.1) is 29.0 Å². The first-order valence-corrected chi connectivity index (χ1v) is 13.0. The summed E-state index contributed by atoms with van der Waals surface area (Å²) in [5, 5.41) is 0. The summed E-state index contributed by atoms with van der Waals surface area (Å²) in [7, 11) is -3.26. The van der Waals surface area contributed by atoms with Gasteiger partial charge in [0.25, 0.3) is 0 Å². The van der Waals surface area contributed by atoms with Gasteiger partial charge in [0.15, 0.2) is 0 Å². The van der Waals surface area contributed by atoms with Crippen LogP contribution in [0.3, 0.4) is 0 Å². The first kappa shape index (κ1) is 20.4. The number of nitrogens with zero attached hydrogens (tertiary/aromatic N) is 1. The zero-order chi connectivity index (χ0) is 21.3. The first-order valence-electron chi connectivity index (χ1n) is 11.1. The van der Waals surface area contributed by atoms with E-state index in [9.17, 15) is 17.6 Å². The summed E-state index contributed by atoms with van der Waals surface area (Å²) in [5.74, 6) is 1.52. The second kappa shape index (κ2) is 6.76. The highest BCUT2D eigenvalue weighted by Crippen LogP contribution is 2.68. The lowest BCUT2D eigenvalue weighted by Gasteiger charge is -2.65. The number of hydrogen-bond acceptors (Lipinski definition) is 3. The topological polar surface area (TPSA) is 66.5 Å². The van der Waals surface area contributed by atoms with Crippen LogP contribution >= 0.6 is 0 Å². The lowest BCUT2D eigenvalue weighted by Crippen LogP contribution is -2.64. The van der Waals surface area contributed by atoms with Gasteiger partial charge in [0.05, 0.1) is 12.3 Å². The number of sulfonamides is 1. The number of carbonyl (C=O) groups excluding carboxylic acids is 1. The number of carbonyl (C=O) groups is 1. The molecule has 4 bridgehead atoms. The first-order chi connectivity index (χ1) is 14.1. The van der Waals surface area contributed by atoms with Crippen LogP contribution in [0.4, 0.5) is 4.39 Å². The van der Waals surface area contributed by atoms with Gasteiger partial charge in [-0.1, -0.05) is 19.1 Å². The molecule has 7 heteroatoms. The number of halogens is 1. The molecule has 164 valence electrons. The summed E-state index contributed by atoms with van der Waals surface area (Å²) >= 11 is 0. The van der Waals surface area contributed by atoms with Crippen LogP contribution in [0.1, 0.15) is 51.0 Å². The lowest BCUT2D eigenvalue weighted by molar-refractivity contribution is -0.148. The van der Waals surface area contributed by atoms with E-state index in [-0.39, 0.29) is 23.2 Å². The van der Waals surface area contributed by atoms with Crippen molar-refractivity contribution in [3.8, 4) is 0 Å². The molecule has 1 aliphatic heterocycles. The minimum Gasteiger partial charge on any atom is -0.339 e. The standard InChI is InChI=1S/C23H31FN2O3S/c1-22-9-15-7-17(10-22)23(18(8-15)11-22,16-3-5-19(24)6-4-16)12-21(27)26-13-20(14-26)25-30(2,28)29/h3-6,15,17-18,20,25H,7-14H2,1-2H3. The molecule has 30 heavy (non-hydrogen) atoms. The molecule has 0 spiro atoms. The lowest BCUT2D eigenvalue weighted by atomic mass is 9.39. The summed E-state index contributed by atoms with van der Waals surface area (Å²) in [5.41, 5.74) is 1.27. The van der Waals surface area contributed by atoms with Crippen molar-refractivity contribution in [1.29, 1.82) is 0 Å². The van der Waals surface area contributed by atoms with Crippen LogP contribution in [0.25, 0.3) is 0 Å². The molecule has 0 radical (unpaired) electrons. The molecule has 1 aromatic rings. The Labute approximate surface area is 178 Å². The van der Waals surface area contributed by atoms with Crippen molar-refractivity contribution in [1.82, 2.24) is 9.62 Å². The molecule has 1 saturated heterocycles. The number of benzene rings is 1. The molecule has 1 amide bonds. The van der Waals surface area contributed by atoms with Crippen LogP contribution in [0.15, 0.2) is 24.3 Å². The average molecular weight is 435 g/mol. The van der Waals surface area contributed by atoms with E-state index in [4.69, 9.17) is 0 Å². The van der Waals surface area contributed by atoms with E-state index in [1.54, 1.807) is 4.90 Å². The molecule has 6 rings (SSSR count). The van der Waals surface area contributed by atoms with Gasteiger partial charge < -0.3 is 4.90 Å². The number of hydrogen-bond donors (Lipinski definition) is 1. The van der Waals surface area contributed by atoms with Crippen molar-refractivity contribution >= 4 is 15.9 Å². The van der Waals surface area contributed by atoms with E-state index >= 15 is 0 Å². The Balaban J connectivity index is 1.41. The summed E-state index contributed by atoms with van der Waals surface area (Å²) in [4.78, 5) is 15.1. The Morgan fingerprint density at radius 1 is 1.13 bits per heavy atom. The smallest absolute Gasteiger partial charge is 0.223 e. The molecule has 4 aliphatic carbocycles. The van der Waals surface area contributed by atoms with E-state index in [1.165, 1.54) is 18.6 Å². The van der Waals surface area contributed by atoms with Gasteiger partial charge >= 0.3 is 0 Å². The molecule has 5 aliphatic rings. The summed E-state index contributed by atoms with van der Waals surface area (Å²) in [6.07, 6.45) is 7.51. The van der Waals surface area contributed by atoms with E-state index in [2.05, 4.69) is 11.6 Å². The maximum Gasteiger partial charge on any atom is 0.223 e. The van der Waals surface area contributed by atoms with Gasteiger partial charge in [0.1, 0.15) is 5.82 Å². The third kappa shape index (κ3) is 3.38. The minimum absolute atomic E-state index is 0.100. The Hall–Kier alpha value is -1.47. The summed E-state index contributed by atoms with van der Waals surface area (Å²) in [6.45, 7) is 3.27. The van der Waals surface area contributed by atoms with Crippen LogP contribution in [0.2, 0.25) is 0 Å². The highest BCUT2D eigenvalue weighted by molar-refractivity contribution is 7.88. The molecular formula is C23H31FN2O3S. The molecule has 1 heterocycles. The maximum atomic E-state index is 13.7. The fourth-order valence-corrected chi connectivity index (χ4v) is 8.29. The molecule has 5 nitrogen and oxygen atoms in total. The minimum atomic E-state index is -3.26. The molecule has 1 N–H and O–H groups in total. The SMILES string of the molecule is CC12CC3CC(C1)C(CC(=O)N1CC(NS(C)(=O)=O)C1)(c1ccc(F)cc1)C(C3)C2. The summed E-state index contributed by atoms with van der Waals surface area (Å²) < 4.78 is 39.2. The van der Waals surface area contributed by atoms with Crippen molar-refractivity contribution in [2.45, 2.75) is 56.9 Å². The third-order valence-corrected chi connectivity index (χ3v) is 9.15. The van der Waals surface area contributed by atoms with Crippen molar-refractivity contribution in [3.05, 3.63) is 35.6 Å². The van der Waals surface area contributed by atoms with Crippen LogP contribution in [0.5, 0.6) is 0 Å². The van der Waals surface area contributed by atoms with Crippen LogP contribution in [-0.4, -0.2) is 44.6 Å². The van der Waals surface area contributed by atoms with Gasteiger partial charge in [0.2, 0.25) is 15.9 Å². The Morgan fingerprint density at radius 3 is 2.27 bits per heavy atom. The highest BCUT2D eigenvalue weighted by Gasteiger charge is 2.62. The number of rotatable bonds is 5. The molecule has 1 aromatic carbocycles. The van der Waals surface area contributed by atoms with E-state index in [0.717, 1.165) is 43.4 Å². The van der Waals surface area contributed by atoms with Gasteiger partial charge in [-0.05, 0) is 73.0 Å². The van der Waals surface area contributed by atoms with Gasteiger partial charge in [-0.25, -0.2) is 17.5 Å². The zero-order valence-corrected chi connectivity index (χ0v) is 18.6. The molecule has 5 fully saturated rings.